The van der Waals surface area contributed by atoms with Crippen LogP contribution in [0.4, 0.5) is 0 Å². The topological polar surface area (TPSA) is 58.4 Å². The van der Waals surface area contributed by atoms with Crippen molar-refractivity contribution in [3.8, 4) is 0 Å². The molecule has 4 heterocycles. The fourth-order valence-electron chi connectivity index (χ4n) is 2.84. The second kappa shape index (κ2) is 4.14. The number of nitrogens with zero attached hydrogens (tertiary/aromatic N) is 2. The second-order valence-corrected chi connectivity index (χ2v) is 5.05. The molecule has 0 saturated carbocycles. The Hall–Kier alpha value is -1.36. The molecule has 1 atom stereocenters. The average Bonchev–Trinajstić information content (AvgIpc) is 2.77. The SMILES string of the molecule is Cc1cc(C(=O)NC2CN3CCC2CC3)on1. The largest absolute Gasteiger partial charge is 0.351 e. The molecule has 3 saturated heterocycles. The van der Waals surface area contributed by atoms with Crippen LogP contribution in [0.2, 0.25) is 0 Å². The van der Waals surface area contributed by atoms with Gasteiger partial charge >= 0.3 is 0 Å². The summed E-state index contributed by atoms with van der Waals surface area (Å²) >= 11 is 0. The molecule has 1 aromatic heterocycles. The van der Waals surface area contributed by atoms with E-state index >= 15 is 0 Å². The monoisotopic (exact) mass is 235 g/mol. The van der Waals surface area contributed by atoms with E-state index in [4.69, 9.17) is 4.52 Å². The molecule has 0 aromatic carbocycles. The first kappa shape index (κ1) is 10.8. The van der Waals surface area contributed by atoms with Crippen LogP contribution >= 0.6 is 0 Å². The number of hydrogen-bond acceptors (Lipinski definition) is 4. The summed E-state index contributed by atoms with van der Waals surface area (Å²) < 4.78 is 4.97. The van der Waals surface area contributed by atoms with E-state index in [1.165, 1.54) is 25.9 Å². The Kier molecular flexibility index (Phi) is 2.63. The van der Waals surface area contributed by atoms with Gasteiger partial charge in [-0.05, 0) is 38.8 Å². The number of piperidine rings is 3. The number of carbonyl (C=O) groups is 1. The van der Waals surface area contributed by atoms with Crippen molar-refractivity contribution < 1.29 is 9.32 Å². The summed E-state index contributed by atoms with van der Waals surface area (Å²) in [6, 6.07) is 1.95. The lowest BCUT2D eigenvalue weighted by atomic mass is 9.84. The van der Waals surface area contributed by atoms with Crippen molar-refractivity contribution in [3.63, 3.8) is 0 Å². The predicted molar refractivity (Wildman–Crippen MR) is 61.7 cm³/mol. The number of aromatic nitrogens is 1. The maximum Gasteiger partial charge on any atom is 0.290 e. The Morgan fingerprint density at radius 3 is 2.82 bits per heavy atom. The predicted octanol–water partition coefficient (Wildman–Crippen LogP) is 0.807. The molecular formula is C12H17N3O2. The Balaban J connectivity index is 1.65. The first-order chi connectivity index (χ1) is 8.22. The van der Waals surface area contributed by atoms with E-state index in [2.05, 4.69) is 15.4 Å². The minimum Gasteiger partial charge on any atom is -0.351 e. The fraction of sp³-hybridized carbons (Fsp3) is 0.667. The molecule has 1 N–H and O–H groups in total. The highest BCUT2D eigenvalue weighted by molar-refractivity contribution is 5.91. The van der Waals surface area contributed by atoms with Crippen molar-refractivity contribution in [2.24, 2.45) is 5.92 Å². The van der Waals surface area contributed by atoms with Crippen LogP contribution in [0.15, 0.2) is 10.6 Å². The van der Waals surface area contributed by atoms with E-state index in [0.29, 0.717) is 11.7 Å². The molecule has 3 aliphatic rings. The number of carbonyl (C=O) groups excluding carboxylic acids is 1. The van der Waals surface area contributed by atoms with E-state index in [9.17, 15) is 4.79 Å². The first-order valence-corrected chi connectivity index (χ1v) is 6.19. The van der Waals surface area contributed by atoms with Gasteiger partial charge in [0.15, 0.2) is 0 Å². The lowest BCUT2D eigenvalue weighted by molar-refractivity contribution is 0.0601. The highest BCUT2D eigenvalue weighted by Crippen LogP contribution is 2.27. The van der Waals surface area contributed by atoms with E-state index in [0.717, 1.165) is 12.2 Å². The van der Waals surface area contributed by atoms with Crippen molar-refractivity contribution in [1.29, 1.82) is 0 Å². The zero-order chi connectivity index (χ0) is 11.8. The summed E-state index contributed by atoms with van der Waals surface area (Å²) in [5.74, 6) is 0.816. The van der Waals surface area contributed by atoms with Crippen molar-refractivity contribution in [2.45, 2.75) is 25.8 Å². The Labute approximate surface area is 100 Å². The molecule has 5 heteroatoms. The quantitative estimate of drug-likeness (QED) is 0.824. The Bertz CT molecular complexity index is 421. The molecule has 5 nitrogen and oxygen atoms in total. The van der Waals surface area contributed by atoms with Crippen LogP contribution in [0.25, 0.3) is 0 Å². The Morgan fingerprint density at radius 1 is 1.53 bits per heavy atom. The lowest BCUT2D eigenvalue weighted by Gasteiger charge is -2.44. The van der Waals surface area contributed by atoms with Gasteiger partial charge in [0.1, 0.15) is 0 Å². The highest BCUT2D eigenvalue weighted by Gasteiger charge is 2.35. The van der Waals surface area contributed by atoms with Gasteiger partial charge in [-0.2, -0.15) is 0 Å². The standard InChI is InChI=1S/C12H17N3O2/c1-8-6-11(17-14-8)12(16)13-10-7-15-4-2-9(10)3-5-15/h6,9-10H,2-5,7H2,1H3,(H,13,16). The van der Waals surface area contributed by atoms with E-state index in [-0.39, 0.29) is 11.9 Å². The third-order valence-corrected chi connectivity index (χ3v) is 3.82. The van der Waals surface area contributed by atoms with Crippen LogP contribution in [0.3, 0.4) is 0 Å². The van der Waals surface area contributed by atoms with Gasteiger partial charge in [0.25, 0.3) is 5.91 Å². The van der Waals surface area contributed by atoms with Gasteiger partial charge in [-0.25, -0.2) is 0 Å². The molecule has 1 aromatic rings. The average molecular weight is 235 g/mol. The molecule has 1 unspecified atom stereocenters. The third kappa shape index (κ3) is 2.07. The normalized spacial score (nSPS) is 31.5. The molecule has 0 spiro atoms. The van der Waals surface area contributed by atoms with Gasteiger partial charge in [0.05, 0.1) is 5.69 Å². The second-order valence-electron chi connectivity index (χ2n) is 5.05. The summed E-state index contributed by atoms with van der Waals surface area (Å²) in [5, 5.41) is 6.80. The molecule has 1 amide bonds. The molecule has 17 heavy (non-hydrogen) atoms. The van der Waals surface area contributed by atoms with Crippen LogP contribution in [0.5, 0.6) is 0 Å². The number of aryl methyl sites for hydroxylation is 1. The molecule has 2 bridgehead atoms. The molecule has 3 aliphatic heterocycles. The molecular weight excluding hydrogens is 218 g/mol. The third-order valence-electron chi connectivity index (χ3n) is 3.82. The van der Waals surface area contributed by atoms with E-state index < -0.39 is 0 Å². The van der Waals surface area contributed by atoms with Crippen molar-refractivity contribution >= 4 is 5.91 Å². The first-order valence-electron chi connectivity index (χ1n) is 6.19. The van der Waals surface area contributed by atoms with E-state index in [1.54, 1.807) is 6.07 Å². The van der Waals surface area contributed by atoms with Crippen LogP contribution in [0.1, 0.15) is 29.1 Å². The zero-order valence-electron chi connectivity index (χ0n) is 9.98. The van der Waals surface area contributed by atoms with Crippen molar-refractivity contribution in [2.75, 3.05) is 19.6 Å². The number of nitrogens with one attached hydrogen (secondary N) is 1. The molecule has 92 valence electrons. The van der Waals surface area contributed by atoms with Crippen LogP contribution < -0.4 is 5.32 Å². The van der Waals surface area contributed by atoms with Gasteiger partial charge in [-0.1, -0.05) is 5.16 Å². The maximum absolute atomic E-state index is 11.9. The molecule has 0 radical (unpaired) electrons. The van der Waals surface area contributed by atoms with Gasteiger partial charge in [-0.3, -0.25) is 4.79 Å². The van der Waals surface area contributed by atoms with Crippen molar-refractivity contribution in [1.82, 2.24) is 15.4 Å². The summed E-state index contributed by atoms with van der Waals surface area (Å²) in [6.07, 6.45) is 2.39. The van der Waals surface area contributed by atoms with Crippen LogP contribution in [0, 0.1) is 12.8 Å². The van der Waals surface area contributed by atoms with Crippen LogP contribution in [-0.2, 0) is 0 Å². The minimum absolute atomic E-state index is 0.135. The summed E-state index contributed by atoms with van der Waals surface area (Å²) in [6.45, 7) is 5.15. The number of fused-ring (bicyclic) bond motifs is 3. The van der Waals surface area contributed by atoms with Gasteiger partial charge in [-0.15, -0.1) is 0 Å². The molecule has 4 rings (SSSR count). The summed E-state index contributed by atoms with van der Waals surface area (Å²) in [4.78, 5) is 14.4. The van der Waals surface area contributed by atoms with Gasteiger partial charge in [0, 0.05) is 18.7 Å². The minimum atomic E-state index is -0.135. The molecule has 3 fully saturated rings. The molecule has 0 aliphatic carbocycles. The van der Waals surface area contributed by atoms with Gasteiger partial charge in [0.2, 0.25) is 5.76 Å². The van der Waals surface area contributed by atoms with E-state index in [1.807, 2.05) is 6.92 Å². The lowest BCUT2D eigenvalue weighted by Crippen LogP contribution is -2.57. The Morgan fingerprint density at radius 2 is 2.29 bits per heavy atom. The summed E-state index contributed by atoms with van der Waals surface area (Å²) in [5.41, 5.74) is 0.740. The summed E-state index contributed by atoms with van der Waals surface area (Å²) in [7, 11) is 0. The zero-order valence-corrected chi connectivity index (χ0v) is 9.98. The van der Waals surface area contributed by atoms with Crippen molar-refractivity contribution in [3.05, 3.63) is 17.5 Å². The number of hydrogen-bond donors (Lipinski definition) is 1. The fourth-order valence-corrected chi connectivity index (χ4v) is 2.84. The maximum atomic E-state index is 11.9. The number of amides is 1. The highest BCUT2D eigenvalue weighted by atomic mass is 16.5. The van der Waals surface area contributed by atoms with Gasteiger partial charge < -0.3 is 14.7 Å². The number of rotatable bonds is 2. The van der Waals surface area contributed by atoms with Crippen LogP contribution in [-0.4, -0.2) is 41.6 Å². The smallest absolute Gasteiger partial charge is 0.290 e.